The van der Waals surface area contributed by atoms with E-state index >= 15 is 0 Å². The lowest BCUT2D eigenvalue weighted by Crippen LogP contribution is -2.23. The molecule has 3 rings (SSSR count). The fourth-order valence-corrected chi connectivity index (χ4v) is 2.41. The van der Waals surface area contributed by atoms with E-state index in [0.717, 1.165) is 18.4 Å². The van der Waals surface area contributed by atoms with Crippen molar-refractivity contribution in [3.8, 4) is 5.75 Å². The lowest BCUT2D eigenvalue weighted by atomic mass is 9.89. The minimum absolute atomic E-state index is 0.410. The van der Waals surface area contributed by atoms with Crippen molar-refractivity contribution in [2.75, 3.05) is 7.11 Å². The van der Waals surface area contributed by atoms with Crippen LogP contribution in [-0.4, -0.2) is 19.0 Å². The summed E-state index contributed by atoms with van der Waals surface area (Å²) in [7, 11) is 1.57. The molecule has 0 amide bonds. The van der Waals surface area contributed by atoms with Crippen molar-refractivity contribution in [1.29, 1.82) is 0 Å². The molecule has 0 saturated carbocycles. The lowest BCUT2D eigenvalue weighted by molar-refractivity contribution is -0.131. The van der Waals surface area contributed by atoms with Gasteiger partial charge < -0.3 is 9.47 Å². The Labute approximate surface area is 110 Å². The van der Waals surface area contributed by atoms with Gasteiger partial charge in [-0.25, -0.2) is 9.59 Å². The van der Waals surface area contributed by atoms with E-state index in [-0.39, 0.29) is 0 Å². The Morgan fingerprint density at radius 1 is 1.16 bits per heavy atom. The highest BCUT2D eigenvalue weighted by atomic mass is 16.6. The molecule has 0 atom stereocenters. The molecule has 0 bridgehead atoms. The molecule has 0 N–H and O–H groups in total. The average molecular weight is 256 g/mol. The van der Waals surface area contributed by atoms with Gasteiger partial charge in [-0.2, -0.15) is 0 Å². The van der Waals surface area contributed by atoms with E-state index in [1.807, 2.05) is 18.2 Å². The summed E-state index contributed by atoms with van der Waals surface area (Å²) in [6.45, 7) is 0. The molecule has 4 nitrogen and oxygen atoms in total. The molecule has 1 aliphatic carbocycles. The maximum atomic E-state index is 11.9. The van der Waals surface area contributed by atoms with Crippen LogP contribution < -0.4 is 4.74 Å². The summed E-state index contributed by atoms with van der Waals surface area (Å²) >= 11 is 0. The molecular weight excluding hydrogens is 244 g/mol. The maximum Gasteiger partial charge on any atom is 0.346 e. The molecule has 1 aromatic rings. The van der Waals surface area contributed by atoms with Gasteiger partial charge in [-0.15, -0.1) is 0 Å². The summed E-state index contributed by atoms with van der Waals surface area (Å²) in [4.78, 5) is 23.7. The summed E-state index contributed by atoms with van der Waals surface area (Å²) in [5.74, 6) is -0.539. The van der Waals surface area contributed by atoms with Gasteiger partial charge in [-0.05, 0) is 25.0 Å². The first-order valence-corrected chi connectivity index (χ1v) is 6.07. The maximum absolute atomic E-state index is 11.9. The number of hydrogen-bond acceptors (Lipinski definition) is 4. The molecule has 19 heavy (non-hydrogen) atoms. The number of rotatable bonds is 1. The molecule has 1 aliphatic heterocycles. The lowest BCUT2D eigenvalue weighted by Gasteiger charge is -2.21. The SMILES string of the molecule is COc1ccc2c3c1/C=C\CC/C=C\3C(=O)OC2=O. The number of methoxy groups -OCH3 is 1. The number of allylic oxidation sites excluding steroid dienone is 2. The van der Waals surface area contributed by atoms with E-state index in [9.17, 15) is 9.59 Å². The number of cyclic esters (lactones) is 2. The second kappa shape index (κ2) is 4.39. The molecule has 4 heteroatoms. The Morgan fingerprint density at radius 2 is 2.00 bits per heavy atom. The molecule has 0 aromatic heterocycles. The third-order valence-corrected chi connectivity index (χ3v) is 3.29. The van der Waals surface area contributed by atoms with Gasteiger partial charge in [0.25, 0.3) is 0 Å². The van der Waals surface area contributed by atoms with Gasteiger partial charge in [0.2, 0.25) is 0 Å². The van der Waals surface area contributed by atoms with Crippen LogP contribution in [0.2, 0.25) is 0 Å². The largest absolute Gasteiger partial charge is 0.496 e. The first-order valence-electron chi connectivity index (χ1n) is 6.07. The highest BCUT2D eigenvalue weighted by molar-refractivity contribution is 6.27. The number of benzene rings is 1. The third kappa shape index (κ3) is 1.76. The molecule has 0 saturated heterocycles. The normalized spacial score (nSPS) is 21.4. The predicted octanol–water partition coefficient (Wildman–Crippen LogP) is 2.58. The fraction of sp³-hybridized carbons (Fsp3) is 0.200. The number of esters is 2. The van der Waals surface area contributed by atoms with E-state index < -0.39 is 11.9 Å². The molecular formula is C15H12O4. The van der Waals surface area contributed by atoms with Crippen LogP contribution in [-0.2, 0) is 9.53 Å². The van der Waals surface area contributed by atoms with Crippen LogP contribution in [0.1, 0.15) is 34.3 Å². The molecule has 2 aliphatic rings. The molecule has 0 fully saturated rings. The Kier molecular flexibility index (Phi) is 2.71. The number of carbonyl (C=O) groups is 2. The van der Waals surface area contributed by atoms with Crippen molar-refractivity contribution >= 4 is 23.6 Å². The number of carbonyl (C=O) groups excluding carboxylic acids is 2. The van der Waals surface area contributed by atoms with Crippen LogP contribution in [0.25, 0.3) is 11.6 Å². The first kappa shape index (κ1) is 11.7. The van der Waals surface area contributed by atoms with Gasteiger partial charge >= 0.3 is 11.9 Å². The van der Waals surface area contributed by atoms with Gasteiger partial charge in [0.15, 0.2) is 0 Å². The van der Waals surface area contributed by atoms with Gasteiger partial charge in [-0.3, -0.25) is 0 Å². The number of hydrogen-bond donors (Lipinski definition) is 0. The van der Waals surface area contributed by atoms with Crippen LogP contribution in [0.4, 0.5) is 0 Å². The summed E-state index contributed by atoms with van der Waals surface area (Å²) in [5, 5.41) is 0. The van der Waals surface area contributed by atoms with Crippen molar-refractivity contribution < 1.29 is 19.1 Å². The molecule has 96 valence electrons. The minimum atomic E-state index is -0.602. The number of ether oxygens (including phenoxy) is 2. The van der Waals surface area contributed by atoms with Crippen LogP contribution >= 0.6 is 0 Å². The van der Waals surface area contributed by atoms with E-state index in [0.29, 0.717) is 22.4 Å². The van der Waals surface area contributed by atoms with Gasteiger partial charge in [0, 0.05) is 11.1 Å². The minimum Gasteiger partial charge on any atom is -0.496 e. The summed E-state index contributed by atoms with van der Waals surface area (Å²) in [5.41, 5.74) is 2.24. The molecule has 0 radical (unpaired) electrons. The van der Waals surface area contributed by atoms with Crippen LogP contribution in [0.5, 0.6) is 5.75 Å². The molecule has 0 spiro atoms. The Balaban J connectivity index is 2.37. The van der Waals surface area contributed by atoms with E-state index in [1.165, 1.54) is 0 Å². The Hall–Kier alpha value is -2.36. The van der Waals surface area contributed by atoms with Crippen molar-refractivity contribution in [2.45, 2.75) is 12.8 Å². The highest BCUT2D eigenvalue weighted by Gasteiger charge is 2.32. The van der Waals surface area contributed by atoms with Gasteiger partial charge in [0.1, 0.15) is 5.75 Å². The first-order chi connectivity index (χ1) is 9.22. The zero-order valence-corrected chi connectivity index (χ0v) is 10.4. The monoisotopic (exact) mass is 256 g/mol. The molecule has 1 aromatic carbocycles. The van der Waals surface area contributed by atoms with Crippen LogP contribution in [0, 0.1) is 0 Å². The Morgan fingerprint density at radius 3 is 2.79 bits per heavy atom. The smallest absolute Gasteiger partial charge is 0.346 e. The van der Waals surface area contributed by atoms with Crippen molar-refractivity contribution in [3.63, 3.8) is 0 Å². The van der Waals surface area contributed by atoms with E-state index in [4.69, 9.17) is 9.47 Å². The second-order valence-electron chi connectivity index (χ2n) is 4.38. The molecule has 1 heterocycles. The van der Waals surface area contributed by atoms with Gasteiger partial charge in [0.05, 0.1) is 18.2 Å². The summed E-state index contributed by atoms with van der Waals surface area (Å²) < 4.78 is 10.1. The van der Waals surface area contributed by atoms with Gasteiger partial charge in [-0.1, -0.05) is 18.2 Å². The molecule has 0 unspecified atom stereocenters. The third-order valence-electron chi connectivity index (χ3n) is 3.29. The Bertz CT molecular complexity index is 638. The van der Waals surface area contributed by atoms with E-state index in [1.54, 1.807) is 19.2 Å². The second-order valence-corrected chi connectivity index (χ2v) is 4.38. The topological polar surface area (TPSA) is 52.6 Å². The average Bonchev–Trinajstić information content (AvgIpc) is 2.37. The predicted molar refractivity (Wildman–Crippen MR) is 69.7 cm³/mol. The van der Waals surface area contributed by atoms with Crippen molar-refractivity contribution in [1.82, 2.24) is 0 Å². The summed E-state index contributed by atoms with van der Waals surface area (Å²) in [6, 6.07) is 3.35. The summed E-state index contributed by atoms with van der Waals surface area (Å²) in [6.07, 6.45) is 7.30. The van der Waals surface area contributed by atoms with Crippen LogP contribution in [0.15, 0.2) is 24.3 Å². The van der Waals surface area contributed by atoms with Crippen molar-refractivity contribution in [3.05, 3.63) is 41.0 Å². The zero-order valence-electron chi connectivity index (χ0n) is 10.4. The quantitative estimate of drug-likeness (QED) is 0.572. The highest BCUT2D eigenvalue weighted by Crippen LogP contribution is 2.37. The van der Waals surface area contributed by atoms with Crippen LogP contribution in [0.3, 0.4) is 0 Å². The standard InChI is InChI=1S/C15H12O4/c1-18-12-8-7-11-13-9(12)5-3-2-4-6-10(13)14(16)19-15(11)17/h3,5-8H,2,4H2,1H3/b5-3-,10-6+. The fourth-order valence-electron chi connectivity index (χ4n) is 2.41. The zero-order chi connectivity index (χ0) is 13.4. The van der Waals surface area contributed by atoms with Crippen molar-refractivity contribution in [2.24, 2.45) is 0 Å². The van der Waals surface area contributed by atoms with E-state index in [2.05, 4.69) is 0 Å².